The summed E-state index contributed by atoms with van der Waals surface area (Å²) in [5, 5.41) is 12.4. The van der Waals surface area contributed by atoms with Gasteiger partial charge in [-0.1, -0.05) is 134 Å². The minimum absolute atomic E-state index is 0.0980. The molecule has 4 heteroatoms. The van der Waals surface area contributed by atoms with E-state index < -0.39 is 0 Å². The lowest BCUT2D eigenvalue weighted by Gasteiger charge is -2.37. The van der Waals surface area contributed by atoms with Gasteiger partial charge in [-0.25, -0.2) is 0 Å². The number of hydrogen-bond acceptors (Lipinski definition) is 4. The van der Waals surface area contributed by atoms with Crippen LogP contribution in [0.2, 0.25) is 0 Å². The van der Waals surface area contributed by atoms with E-state index in [4.69, 9.17) is 8.83 Å². The van der Waals surface area contributed by atoms with Gasteiger partial charge in [-0.05, 0) is 87.5 Å². The van der Waals surface area contributed by atoms with Crippen molar-refractivity contribution in [3.05, 3.63) is 204 Å². The van der Waals surface area contributed by atoms with Crippen molar-refractivity contribution in [2.45, 2.75) is 12.2 Å². The van der Waals surface area contributed by atoms with Gasteiger partial charge in [0, 0.05) is 39.1 Å². The molecule has 2 aromatic heterocycles. The van der Waals surface area contributed by atoms with Gasteiger partial charge in [0.25, 0.3) is 0 Å². The molecular formula is C50H36N2O2. The lowest BCUT2D eigenvalue weighted by molar-refractivity contribution is 0.413. The molecule has 2 N–H and O–H groups in total. The van der Waals surface area contributed by atoms with Gasteiger partial charge in [0.1, 0.15) is 28.5 Å². The van der Waals surface area contributed by atoms with E-state index in [9.17, 15) is 0 Å². The molecule has 1 aliphatic heterocycles. The molecule has 2 aliphatic carbocycles. The van der Waals surface area contributed by atoms with Crippen LogP contribution in [0.1, 0.15) is 23.3 Å². The predicted molar refractivity (Wildman–Crippen MR) is 221 cm³/mol. The topological polar surface area (TPSA) is 50.3 Å². The fourth-order valence-corrected chi connectivity index (χ4v) is 8.80. The van der Waals surface area contributed by atoms with Gasteiger partial charge < -0.3 is 14.2 Å². The Labute approximate surface area is 313 Å². The van der Waals surface area contributed by atoms with Crippen LogP contribution in [0.25, 0.3) is 66.1 Å². The second-order valence-electron chi connectivity index (χ2n) is 14.5. The second-order valence-corrected chi connectivity index (χ2v) is 14.5. The van der Waals surface area contributed by atoms with Gasteiger partial charge >= 0.3 is 0 Å². The number of hydrogen-bond donors (Lipinski definition) is 2. The molecule has 0 spiro atoms. The van der Waals surface area contributed by atoms with E-state index in [1.54, 1.807) is 0 Å². The first kappa shape index (κ1) is 31.0. The van der Waals surface area contributed by atoms with E-state index in [1.165, 1.54) is 16.7 Å². The van der Waals surface area contributed by atoms with Crippen molar-refractivity contribution in [1.82, 2.24) is 10.6 Å². The van der Waals surface area contributed by atoms with Crippen LogP contribution < -0.4 is 10.6 Å². The maximum Gasteiger partial charge on any atom is 0.136 e. The third kappa shape index (κ3) is 5.10. The molecule has 0 radical (unpaired) electrons. The number of fused-ring (bicyclic) bond motifs is 7. The Morgan fingerprint density at radius 1 is 0.500 bits per heavy atom. The maximum absolute atomic E-state index is 6.39. The summed E-state index contributed by atoms with van der Waals surface area (Å²) in [4.78, 5) is 0. The van der Waals surface area contributed by atoms with Crippen molar-refractivity contribution in [1.29, 1.82) is 0 Å². The van der Waals surface area contributed by atoms with Crippen LogP contribution in [0, 0.1) is 11.8 Å². The lowest BCUT2D eigenvalue weighted by Crippen LogP contribution is -2.41. The third-order valence-corrected chi connectivity index (χ3v) is 11.3. The van der Waals surface area contributed by atoms with E-state index >= 15 is 0 Å². The average molecular weight is 697 g/mol. The summed E-state index contributed by atoms with van der Waals surface area (Å²) in [6.45, 7) is 0. The van der Waals surface area contributed by atoms with Crippen LogP contribution in [0.5, 0.6) is 0 Å². The van der Waals surface area contributed by atoms with Gasteiger partial charge in [-0.15, -0.1) is 0 Å². The lowest BCUT2D eigenvalue weighted by atomic mass is 9.77. The quantitative estimate of drug-likeness (QED) is 0.188. The number of nitrogens with one attached hydrogen (secondary N) is 2. The molecule has 0 bridgehead atoms. The van der Waals surface area contributed by atoms with Crippen molar-refractivity contribution in [2.75, 3.05) is 0 Å². The Kier molecular flexibility index (Phi) is 7.17. The zero-order valence-electron chi connectivity index (χ0n) is 29.4. The molecule has 3 heterocycles. The minimum Gasteiger partial charge on any atom is -0.456 e. The Morgan fingerprint density at radius 3 is 1.78 bits per heavy atom. The summed E-state index contributed by atoms with van der Waals surface area (Å²) >= 11 is 0. The molecule has 11 rings (SSSR count). The van der Waals surface area contributed by atoms with Crippen molar-refractivity contribution >= 4 is 43.9 Å². The van der Waals surface area contributed by atoms with E-state index in [1.807, 2.05) is 12.1 Å². The molecule has 0 fully saturated rings. The highest BCUT2D eigenvalue weighted by Crippen LogP contribution is 2.44. The molecule has 258 valence electrons. The van der Waals surface area contributed by atoms with Crippen molar-refractivity contribution in [2.24, 2.45) is 11.8 Å². The summed E-state index contributed by atoms with van der Waals surface area (Å²) < 4.78 is 12.8. The highest BCUT2D eigenvalue weighted by molar-refractivity contribution is 6.14. The molecular weight excluding hydrogens is 661 g/mol. The first-order chi connectivity index (χ1) is 26.7. The van der Waals surface area contributed by atoms with E-state index in [0.29, 0.717) is 5.92 Å². The molecule has 3 unspecified atom stereocenters. The smallest absolute Gasteiger partial charge is 0.136 e. The Morgan fingerprint density at radius 2 is 1.09 bits per heavy atom. The summed E-state index contributed by atoms with van der Waals surface area (Å²) in [5.41, 5.74) is 12.9. The van der Waals surface area contributed by atoms with Gasteiger partial charge in [0.2, 0.25) is 0 Å². The summed E-state index contributed by atoms with van der Waals surface area (Å²) in [6.07, 6.45) is 18.1. The second kappa shape index (κ2) is 12.5. The van der Waals surface area contributed by atoms with E-state index in [2.05, 4.69) is 181 Å². The van der Waals surface area contributed by atoms with E-state index in [-0.39, 0.29) is 18.1 Å². The van der Waals surface area contributed by atoms with Gasteiger partial charge in [-0.2, -0.15) is 0 Å². The highest BCUT2D eigenvalue weighted by atomic mass is 16.3. The number of para-hydroxylation sites is 2. The average Bonchev–Trinajstić information content (AvgIpc) is 3.82. The molecule has 3 aliphatic rings. The normalized spacial score (nSPS) is 20.7. The summed E-state index contributed by atoms with van der Waals surface area (Å²) in [7, 11) is 0. The SMILES string of the molecule is C1=CC2C=CC=C(C3=CC(c4cc(-c5cccc6oc7ccccc7c56)cc(-c5cccc6oc7ccccc7c56)c4)N[C@@H](c4ccccc4)N3)C2C=C1. The molecule has 54 heavy (non-hydrogen) atoms. The molecule has 4 nitrogen and oxygen atoms in total. The molecule has 8 aromatic rings. The van der Waals surface area contributed by atoms with Gasteiger partial charge in [0.15, 0.2) is 0 Å². The molecule has 0 amide bonds. The first-order valence-corrected chi connectivity index (χ1v) is 18.7. The Balaban J connectivity index is 1.15. The highest BCUT2D eigenvalue weighted by Gasteiger charge is 2.31. The van der Waals surface area contributed by atoms with Crippen molar-refractivity contribution in [3.63, 3.8) is 0 Å². The number of benzene rings is 6. The monoisotopic (exact) mass is 696 g/mol. The zero-order valence-corrected chi connectivity index (χ0v) is 29.4. The van der Waals surface area contributed by atoms with Gasteiger partial charge in [-0.3, -0.25) is 5.32 Å². The van der Waals surface area contributed by atoms with Crippen LogP contribution in [0.15, 0.2) is 202 Å². The van der Waals surface area contributed by atoms with Crippen LogP contribution in [0.3, 0.4) is 0 Å². The standard InChI is InChI=1S/C50H36N2O2/c1-2-14-32(15-3-1)50-51-42(30-43(52-50)39-22-10-16-31-13-4-5-17-36(31)39)35-28-33(37-20-11-25-46-48(37)40-18-6-8-23-44(40)53-46)27-34(29-35)38-21-12-26-47-49(38)41-19-7-9-24-45(41)54-47/h1-31,36,42,50-52H/t31?,36?,42?,50-/m1/s1. The van der Waals surface area contributed by atoms with Crippen LogP contribution >= 0.6 is 0 Å². The van der Waals surface area contributed by atoms with E-state index in [0.717, 1.165) is 71.8 Å². The molecule has 0 saturated heterocycles. The Bertz CT molecular complexity index is 2790. The minimum atomic E-state index is -0.0980. The number of furan rings is 2. The molecule has 6 aromatic carbocycles. The summed E-state index contributed by atoms with van der Waals surface area (Å²) in [5.74, 6) is 0.612. The first-order valence-electron chi connectivity index (χ1n) is 18.7. The number of rotatable bonds is 5. The Hall–Kier alpha value is -6.62. The zero-order chi connectivity index (χ0) is 35.6. The molecule has 4 atom stereocenters. The molecule has 0 saturated carbocycles. The van der Waals surface area contributed by atoms with Crippen LogP contribution in [-0.2, 0) is 0 Å². The third-order valence-electron chi connectivity index (χ3n) is 11.3. The van der Waals surface area contributed by atoms with Crippen molar-refractivity contribution in [3.8, 4) is 22.3 Å². The number of allylic oxidation sites excluding steroid dienone is 8. The fraction of sp³-hybridized carbons (Fsp3) is 0.0800. The van der Waals surface area contributed by atoms with Crippen LogP contribution in [0.4, 0.5) is 0 Å². The predicted octanol–water partition coefficient (Wildman–Crippen LogP) is 12.5. The maximum atomic E-state index is 6.39. The fourth-order valence-electron chi connectivity index (χ4n) is 8.80. The van der Waals surface area contributed by atoms with Gasteiger partial charge in [0.05, 0.1) is 6.04 Å². The van der Waals surface area contributed by atoms with Crippen LogP contribution in [-0.4, -0.2) is 0 Å². The largest absolute Gasteiger partial charge is 0.456 e. The van der Waals surface area contributed by atoms with Crippen molar-refractivity contribution < 1.29 is 8.83 Å². The summed E-state index contributed by atoms with van der Waals surface area (Å²) in [6, 6.07) is 47.2.